The van der Waals surface area contributed by atoms with Gasteiger partial charge in [0.1, 0.15) is 6.20 Å². The number of carbonyl (C=O) groups is 1. The van der Waals surface area contributed by atoms with Crippen molar-refractivity contribution >= 4 is 11.6 Å². The van der Waals surface area contributed by atoms with Crippen molar-refractivity contribution < 1.29 is 22.9 Å². The molecule has 19 heavy (non-hydrogen) atoms. The summed E-state index contributed by atoms with van der Waals surface area (Å²) < 4.78 is 37.1. The lowest BCUT2D eigenvalue weighted by atomic mass is 10.2. The summed E-state index contributed by atoms with van der Waals surface area (Å²) in [5.41, 5.74) is 0. The molecule has 1 heterocycles. The minimum Gasteiger partial charge on any atom is -0.358 e. The van der Waals surface area contributed by atoms with E-state index in [0.29, 0.717) is 0 Å². The molecule has 0 aliphatic carbocycles. The molecule has 0 saturated heterocycles. The molecule has 0 saturated carbocycles. The first-order chi connectivity index (χ1) is 8.82. The number of hydrogen-bond donors (Lipinski definition) is 0. The summed E-state index contributed by atoms with van der Waals surface area (Å²) in [6.07, 6.45) is -2.65. The first-order valence-electron chi connectivity index (χ1n) is 5.20. The van der Waals surface area contributed by atoms with Crippen molar-refractivity contribution in [2.75, 3.05) is 0 Å². The van der Waals surface area contributed by atoms with Crippen molar-refractivity contribution in [2.24, 2.45) is 0 Å². The summed E-state index contributed by atoms with van der Waals surface area (Å²) in [5.74, 6) is -2.38. The van der Waals surface area contributed by atoms with Gasteiger partial charge in [-0.25, -0.2) is 13.9 Å². The van der Waals surface area contributed by atoms with E-state index in [1.807, 2.05) is 0 Å². The first-order valence-corrected chi connectivity index (χ1v) is 5.20. The average molecular weight is 277 g/mol. The quantitative estimate of drug-likeness (QED) is 0.591. The van der Waals surface area contributed by atoms with Gasteiger partial charge in [-0.05, 0) is 4.92 Å². The SMILES string of the molecule is Cc1ncc([N+](=O)[O-])n1CC(=O)CCC(F)=C(F)F. The van der Waals surface area contributed by atoms with Gasteiger partial charge in [-0.3, -0.25) is 4.79 Å². The van der Waals surface area contributed by atoms with Gasteiger partial charge in [-0.1, -0.05) is 0 Å². The molecule has 0 aliphatic rings. The van der Waals surface area contributed by atoms with E-state index in [2.05, 4.69) is 4.98 Å². The first kappa shape index (κ1) is 14.9. The lowest BCUT2D eigenvalue weighted by Crippen LogP contribution is -2.13. The molecule has 1 rings (SSSR count). The Balaban J connectivity index is 2.70. The maximum absolute atomic E-state index is 12.5. The van der Waals surface area contributed by atoms with Crippen LogP contribution in [0.5, 0.6) is 0 Å². The van der Waals surface area contributed by atoms with Gasteiger partial charge in [0.25, 0.3) is 0 Å². The predicted molar refractivity (Wildman–Crippen MR) is 58.2 cm³/mol. The van der Waals surface area contributed by atoms with Crippen molar-refractivity contribution in [1.82, 2.24) is 9.55 Å². The second kappa shape index (κ2) is 6.12. The van der Waals surface area contributed by atoms with Crippen LogP contribution in [0.15, 0.2) is 18.1 Å². The Kier molecular flexibility index (Phi) is 4.79. The molecule has 0 fully saturated rings. The van der Waals surface area contributed by atoms with Crippen molar-refractivity contribution in [3.05, 3.63) is 34.0 Å². The number of nitrogens with zero attached hydrogens (tertiary/aromatic N) is 3. The van der Waals surface area contributed by atoms with E-state index >= 15 is 0 Å². The third kappa shape index (κ3) is 3.90. The van der Waals surface area contributed by atoms with Gasteiger partial charge < -0.3 is 10.1 Å². The molecule has 6 nitrogen and oxygen atoms in total. The van der Waals surface area contributed by atoms with Crippen LogP contribution in [0.4, 0.5) is 19.0 Å². The molecule has 0 spiro atoms. The zero-order valence-electron chi connectivity index (χ0n) is 9.90. The van der Waals surface area contributed by atoms with E-state index in [0.717, 1.165) is 10.8 Å². The number of ketones is 1. The topological polar surface area (TPSA) is 78.0 Å². The minimum absolute atomic E-state index is 0.243. The summed E-state index contributed by atoms with van der Waals surface area (Å²) in [7, 11) is 0. The van der Waals surface area contributed by atoms with Crippen LogP contribution in [-0.2, 0) is 11.3 Å². The van der Waals surface area contributed by atoms with Crippen LogP contribution < -0.4 is 0 Å². The normalized spacial score (nSPS) is 10.3. The standard InChI is InChI=1S/C10H10F3N3O3/c1-6-14-4-9(16(18)19)15(6)5-7(17)2-3-8(11)10(12)13/h4H,2-3,5H2,1H3. The third-order valence-corrected chi connectivity index (χ3v) is 2.38. The summed E-state index contributed by atoms with van der Waals surface area (Å²) >= 11 is 0. The highest BCUT2D eigenvalue weighted by Gasteiger charge is 2.20. The molecule has 0 aromatic carbocycles. The zero-order chi connectivity index (χ0) is 14.6. The summed E-state index contributed by atoms with van der Waals surface area (Å²) in [4.78, 5) is 25.1. The third-order valence-electron chi connectivity index (χ3n) is 2.38. The fourth-order valence-corrected chi connectivity index (χ4v) is 1.40. The second-order valence-corrected chi connectivity index (χ2v) is 3.71. The number of rotatable bonds is 6. The number of allylic oxidation sites excluding steroid dienone is 1. The van der Waals surface area contributed by atoms with E-state index in [1.165, 1.54) is 6.92 Å². The molecule has 1 aromatic rings. The van der Waals surface area contributed by atoms with Crippen molar-refractivity contribution in [3.8, 4) is 0 Å². The van der Waals surface area contributed by atoms with Crippen LogP contribution in [-0.4, -0.2) is 20.3 Å². The summed E-state index contributed by atoms with van der Waals surface area (Å²) in [6.45, 7) is 1.06. The highest BCUT2D eigenvalue weighted by Crippen LogP contribution is 2.17. The second-order valence-electron chi connectivity index (χ2n) is 3.71. The number of Topliss-reactive ketones (excluding diaryl/α,β-unsaturated/α-hetero) is 1. The number of carbonyl (C=O) groups excluding carboxylic acids is 1. The maximum Gasteiger partial charge on any atom is 0.343 e. The number of aryl methyl sites for hydroxylation is 1. The number of aromatic nitrogens is 2. The fourth-order valence-electron chi connectivity index (χ4n) is 1.40. The Morgan fingerprint density at radius 2 is 2.05 bits per heavy atom. The molecule has 104 valence electrons. The van der Waals surface area contributed by atoms with Gasteiger partial charge in [-0.15, -0.1) is 0 Å². The van der Waals surface area contributed by atoms with E-state index in [4.69, 9.17) is 0 Å². The van der Waals surface area contributed by atoms with E-state index in [9.17, 15) is 28.1 Å². The minimum atomic E-state index is -2.46. The largest absolute Gasteiger partial charge is 0.358 e. The summed E-state index contributed by atoms with van der Waals surface area (Å²) in [5, 5.41) is 10.6. The molecule has 0 N–H and O–H groups in total. The Labute approximate surface area is 105 Å². The molecule has 9 heteroatoms. The Bertz CT molecular complexity index is 535. The Morgan fingerprint density at radius 3 is 2.58 bits per heavy atom. The van der Waals surface area contributed by atoms with Crippen LogP contribution in [0.25, 0.3) is 0 Å². The highest BCUT2D eigenvalue weighted by molar-refractivity contribution is 5.78. The van der Waals surface area contributed by atoms with Crippen LogP contribution in [0.2, 0.25) is 0 Å². The number of nitro groups is 1. The zero-order valence-corrected chi connectivity index (χ0v) is 9.90. The van der Waals surface area contributed by atoms with Crippen molar-refractivity contribution in [2.45, 2.75) is 26.3 Å². The molecule has 0 radical (unpaired) electrons. The van der Waals surface area contributed by atoms with Gasteiger partial charge in [-0.2, -0.15) is 8.78 Å². The average Bonchev–Trinajstić information content (AvgIpc) is 2.68. The van der Waals surface area contributed by atoms with Crippen LogP contribution in [0, 0.1) is 17.0 Å². The maximum atomic E-state index is 12.5. The Morgan fingerprint density at radius 1 is 1.42 bits per heavy atom. The van der Waals surface area contributed by atoms with E-state index < -0.39 is 42.0 Å². The molecule has 0 unspecified atom stereocenters. The van der Waals surface area contributed by atoms with Gasteiger partial charge >= 0.3 is 11.9 Å². The molecular weight excluding hydrogens is 267 g/mol. The van der Waals surface area contributed by atoms with Crippen LogP contribution in [0.1, 0.15) is 18.7 Å². The fraction of sp³-hybridized carbons (Fsp3) is 0.400. The molecule has 0 atom stereocenters. The smallest absolute Gasteiger partial charge is 0.343 e. The van der Waals surface area contributed by atoms with Gasteiger partial charge in [0, 0.05) is 19.8 Å². The van der Waals surface area contributed by atoms with Crippen molar-refractivity contribution in [3.63, 3.8) is 0 Å². The number of hydrogen-bond acceptors (Lipinski definition) is 4. The number of imidazole rings is 1. The number of halogens is 3. The molecular formula is C10H10F3N3O3. The van der Waals surface area contributed by atoms with Crippen LogP contribution >= 0.6 is 0 Å². The Hall–Kier alpha value is -2.19. The van der Waals surface area contributed by atoms with Gasteiger partial charge in [0.2, 0.25) is 0 Å². The molecule has 1 aromatic heterocycles. The predicted octanol–water partition coefficient (Wildman–Crippen LogP) is 2.53. The highest BCUT2D eigenvalue weighted by atomic mass is 19.3. The molecule has 0 bridgehead atoms. The lowest BCUT2D eigenvalue weighted by molar-refractivity contribution is -0.392. The van der Waals surface area contributed by atoms with Crippen molar-refractivity contribution in [1.29, 1.82) is 0 Å². The lowest BCUT2D eigenvalue weighted by Gasteiger charge is -2.02. The molecule has 0 amide bonds. The molecule has 0 aliphatic heterocycles. The van der Waals surface area contributed by atoms with E-state index in [1.54, 1.807) is 0 Å². The van der Waals surface area contributed by atoms with Gasteiger partial charge in [0.15, 0.2) is 24.0 Å². The van der Waals surface area contributed by atoms with E-state index in [-0.39, 0.29) is 11.6 Å². The van der Waals surface area contributed by atoms with Gasteiger partial charge in [0.05, 0.1) is 0 Å². The monoisotopic (exact) mass is 277 g/mol. The van der Waals surface area contributed by atoms with Crippen LogP contribution in [0.3, 0.4) is 0 Å². The summed E-state index contributed by atoms with van der Waals surface area (Å²) in [6, 6.07) is 0.